The topological polar surface area (TPSA) is 29.3 Å². The molecule has 2 N–H and O–H groups in total. The highest BCUT2D eigenvalue weighted by Gasteiger charge is 2.36. The highest BCUT2D eigenvalue weighted by atomic mass is 15.2. The quantitative estimate of drug-likeness (QED) is 0.720. The zero-order chi connectivity index (χ0) is 14.3. The molecule has 0 aliphatic carbocycles. The molecule has 0 aromatic rings. The Bertz CT molecular complexity index is 227. The number of nitrogens with zero attached hydrogens (tertiary/aromatic N) is 1. The van der Waals surface area contributed by atoms with Crippen LogP contribution in [0.5, 0.6) is 0 Å². The molecule has 1 rings (SSSR count). The highest BCUT2D eigenvalue weighted by Crippen LogP contribution is 2.33. The van der Waals surface area contributed by atoms with Crippen molar-refractivity contribution in [3.05, 3.63) is 0 Å². The van der Waals surface area contributed by atoms with Crippen molar-refractivity contribution in [2.24, 2.45) is 17.6 Å². The van der Waals surface area contributed by atoms with Crippen molar-refractivity contribution in [2.45, 2.75) is 78.2 Å². The molecule has 1 fully saturated rings. The van der Waals surface area contributed by atoms with Gasteiger partial charge in [0.05, 0.1) is 0 Å². The first-order chi connectivity index (χ1) is 9.11. The second kappa shape index (κ2) is 8.26. The van der Waals surface area contributed by atoms with Gasteiger partial charge in [0.25, 0.3) is 0 Å². The Hall–Kier alpha value is -0.0800. The average molecular weight is 268 g/mol. The van der Waals surface area contributed by atoms with Gasteiger partial charge in [-0.2, -0.15) is 0 Å². The summed E-state index contributed by atoms with van der Waals surface area (Å²) in [6, 6.07) is 0. The Morgan fingerprint density at radius 1 is 1.21 bits per heavy atom. The molecule has 1 saturated heterocycles. The molecule has 2 nitrogen and oxygen atoms in total. The molecule has 1 aliphatic rings. The van der Waals surface area contributed by atoms with Crippen LogP contribution < -0.4 is 5.73 Å². The van der Waals surface area contributed by atoms with Gasteiger partial charge in [-0.1, -0.05) is 47.0 Å². The lowest BCUT2D eigenvalue weighted by Crippen LogP contribution is -2.56. The van der Waals surface area contributed by atoms with Crippen LogP contribution in [0, 0.1) is 11.8 Å². The largest absolute Gasteiger partial charge is 0.329 e. The Balaban J connectivity index is 2.62. The monoisotopic (exact) mass is 268 g/mol. The molecule has 2 atom stereocenters. The SMILES string of the molecule is CCCC1CCN(C(CC)(CN)CC(C)CC)CC1. The second-order valence-electron chi connectivity index (χ2n) is 6.72. The molecular weight excluding hydrogens is 232 g/mol. The van der Waals surface area contributed by atoms with E-state index in [0.717, 1.165) is 18.4 Å². The lowest BCUT2D eigenvalue weighted by atomic mass is 9.80. The maximum Gasteiger partial charge on any atom is 0.0331 e. The number of likely N-dealkylation sites (tertiary alicyclic amines) is 1. The van der Waals surface area contributed by atoms with Gasteiger partial charge in [-0.05, 0) is 50.6 Å². The lowest BCUT2D eigenvalue weighted by molar-refractivity contribution is 0.0324. The predicted molar refractivity (Wildman–Crippen MR) is 85.4 cm³/mol. The number of piperidine rings is 1. The first-order valence-corrected chi connectivity index (χ1v) is 8.56. The fraction of sp³-hybridized carbons (Fsp3) is 1.00. The Kier molecular flexibility index (Phi) is 7.38. The number of hydrogen-bond acceptors (Lipinski definition) is 2. The van der Waals surface area contributed by atoms with Crippen LogP contribution in [-0.2, 0) is 0 Å². The summed E-state index contributed by atoms with van der Waals surface area (Å²) in [5, 5.41) is 0. The van der Waals surface area contributed by atoms with E-state index in [0.29, 0.717) is 0 Å². The van der Waals surface area contributed by atoms with E-state index in [4.69, 9.17) is 5.73 Å². The molecular formula is C17H36N2. The lowest BCUT2D eigenvalue weighted by Gasteiger charge is -2.47. The minimum atomic E-state index is 0.270. The van der Waals surface area contributed by atoms with Crippen LogP contribution in [0.15, 0.2) is 0 Å². The maximum absolute atomic E-state index is 6.20. The van der Waals surface area contributed by atoms with E-state index in [-0.39, 0.29) is 5.54 Å². The van der Waals surface area contributed by atoms with Gasteiger partial charge in [-0.15, -0.1) is 0 Å². The van der Waals surface area contributed by atoms with Gasteiger partial charge >= 0.3 is 0 Å². The Labute approximate surface area is 121 Å². The Morgan fingerprint density at radius 2 is 1.84 bits per heavy atom. The summed E-state index contributed by atoms with van der Waals surface area (Å²) < 4.78 is 0. The van der Waals surface area contributed by atoms with Crippen molar-refractivity contribution in [1.29, 1.82) is 0 Å². The molecule has 0 bridgehead atoms. The van der Waals surface area contributed by atoms with Crippen LogP contribution in [0.25, 0.3) is 0 Å². The van der Waals surface area contributed by atoms with Crippen molar-refractivity contribution in [3.63, 3.8) is 0 Å². The molecule has 0 aromatic heterocycles. The smallest absolute Gasteiger partial charge is 0.0331 e. The van der Waals surface area contributed by atoms with E-state index in [1.54, 1.807) is 0 Å². The van der Waals surface area contributed by atoms with Crippen LogP contribution in [0.4, 0.5) is 0 Å². The molecule has 2 heteroatoms. The number of nitrogens with two attached hydrogens (primary N) is 1. The van der Waals surface area contributed by atoms with Crippen molar-refractivity contribution in [3.8, 4) is 0 Å². The zero-order valence-electron chi connectivity index (χ0n) is 13.8. The van der Waals surface area contributed by atoms with Gasteiger partial charge in [-0.25, -0.2) is 0 Å². The number of rotatable bonds is 8. The minimum absolute atomic E-state index is 0.270. The molecule has 19 heavy (non-hydrogen) atoms. The molecule has 114 valence electrons. The van der Waals surface area contributed by atoms with Gasteiger partial charge in [0.2, 0.25) is 0 Å². The van der Waals surface area contributed by atoms with Crippen LogP contribution >= 0.6 is 0 Å². The third kappa shape index (κ3) is 4.46. The second-order valence-corrected chi connectivity index (χ2v) is 6.72. The van der Waals surface area contributed by atoms with E-state index in [1.807, 2.05) is 0 Å². The molecule has 0 saturated carbocycles. The molecule has 1 aliphatic heterocycles. The zero-order valence-corrected chi connectivity index (χ0v) is 13.8. The van der Waals surface area contributed by atoms with Crippen molar-refractivity contribution < 1.29 is 0 Å². The van der Waals surface area contributed by atoms with E-state index in [9.17, 15) is 0 Å². The first-order valence-electron chi connectivity index (χ1n) is 8.56. The van der Waals surface area contributed by atoms with Crippen LogP contribution in [0.2, 0.25) is 0 Å². The summed E-state index contributed by atoms with van der Waals surface area (Å²) in [5.74, 6) is 1.76. The predicted octanol–water partition coefficient (Wildman–Crippen LogP) is 4.04. The van der Waals surface area contributed by atoms with E-state index >= 15 is 0 Å². The van der Waals surface area contributed by atoms with Crippen molar-refractivity contribution in [2.75, 3.05) is 19.6 Å². The molecule has 1 heterocycles. The van der Waals surface area contributed by atoms with Crippen LogP contribution in [0.1, 0.15) is 72.6 Å². The summed E-state index contributed by atoms with van der Waals surface area (Å²) in [6.07, 6.45) is 9.27. The third-order valence-corrected chi connectivity index (χ3v) is 5.45. The molecule has 0 amide bonds. The number of hydrogen-bond donors (Lipinski definition) is 1. The summed E-state index contributed by atoms with van der Waals surface area (Å²) in [5.41, 5.74) is 6.47. The summed E-state index contributed by atoms with van der Waals surface area (Å²) in [6.45, 7) is 12.7. The first kappa shape index (κ1) is 17.0. The van der Waals surface area contributed by atoms with Gasteiger partial charge in [0.1, 0.15) is 0 Å². The van der Waals surface area contributed by atoms with Gasteiger partial charge in [0.15, 0.2) is 0 Å². The van der Waals surface area contributed by atoms with E-state index in [2.05, 4.69) is 32.6 Å². The Morgan fingerprint density at radius 3 is 2.26 bits per heavy atom. The van der Waals surface area contributed by atoms with Crippen molar-refractivity contribution in [1.82, 2.24) is 4.90 Å². The molecule has 0 spiro atoms. The van der Waals surface area contributed by atoms with Gasteiger partial charge in [0, 0.05) is 12.1 Å². The van der Waals surface area contributed by atoms with Crippen LogP contribution in [-0.4, -0.2) is 30.1 Å². The average Bonchev–Trinajstić information content (AvgIpc) is 2.46. The molecule has 2 unspecified atom stereocenters. The van der Waals surface area contributed by atoms with Gasteiger partial charge < -0.3 is 5.73 Å². The summed E-state index contributed by atoms with van der Waals surface area (Å²) in [7, 11) is 0. The normalized spacial score (nSPS) is 23.2. The fourth-order valence-electron chi connectivity index (χ4n) is 3.75. The van der Waals surface area contributed by atoms with Crippen LogP contribution in [0.3, 0.4) is 0 Å². The minimum Gasteiger partial charge on any atom is -0.329 e. The standard InChI is InChI=1S/C17H36N2/c1-5-8-16-9-11-19(12-10-16)17(7-3,14-18)13-15(4)6-2/h15-16H,5-14,18H2,1-4H3. The third-order valence-electron chi connectivity index (χ3n) is 5.45. The van der Waals surface area contributed by atoms with E-state index in [1.165, 1.54) is 58.0 Å². The highest BCUT2D eigenvalue weighted by molar-refractivity contribution is 4.93. The van der Waals surface area contributed by atoms with E-state index < -0.39 is 0 Å². The summed E-state index contributed by atoms with van der Waals surface area (Å²) in [4.78, 5) is 2.73. The van der Waals surface area contributed by atoms with Crippen molar-refractivity contribution >= 4 is 0 Å². The fourth-order valence-corrected chi connectivity index (χ4v) is 3.75. The summed E-state index contributed by atoms with van der Waals surface area (Å²) >= 11 is 0. The molecule has 0 radical (unpaired) electrons. The molecule has 0 aromatic carbocycles. The van der Waals surface area contributed by atoms with Gasteiger partial charge in [-0.3, -0.25) is 4.90 Å². The maximum atomic E-state index is 6.20.